The number of carbonyl (C=O) groups is 1. The first-order valence-corrected chi connectivity index (χ1v) is 10.8. The maximum atomic E-state index is 13.1. The lowest BCUT2D eigenvalue weighted by Gasteiger charge is -2.34. The third-order valence-corrected chi connectivity index (χ3v) is 7.54. The number of fused-ring (bicyclic) bond motifs is 1. The summed E-state index contributed by atoms with van der Waals surface area (Å²) >= 11 is 4.42. The highest BCUT2D eigenvalue weighted by atomic mass is 79.9. The second-order valence-electron chi connectivity index (χ2n) is 5.46. The molecule has 1 aliphatic rings. The number of nitrogens with one attached hydrogen (secondary N) is 1. The first-order chi connectivity index (χ1) is 11.9. The molecule has 0 saturated carbocycles. The van der Waals surface area contributed by atoms with Gasteiger partial charge in [-0.1, -0.05) is 19.1 Å². The fraction of sp³-hybridized carbons (Fsp3) is 0.312. The summed E-state index contributed by atoms with van der Waals surface area (Å²) in [6.07, 6.45) is -0.0973. The Balaban J connectivity index is 1.98. The smallest absolute Gasteiger partial charge is 0.274 e. The second kappa shape index (κ2) is 7.35. The summed E-state index contributed by atoms with van der Waals surface area (Å²) in [5.41, 5.74) is 0.437. The highest BCUT2D eigenvalue weighted by molar-refractivity contribution is 9.11. The number of carbonyl (C=O) groups excluding carboxylic acids is 1. The van der Waals surface area contributed by atoms with Gasteiger partial charge in [-0.15, -0.1) is 11.3 Å². The number of hydrogen-bond acceptors (Lipinski definition) is 5. The van der Waals surface area contributed by atoms with Crippen LogP contribution in [0.1, 0.15) is 13.3 Å². The number of nitrogens with zero attached hydrogens (tertiary/aromatic N) is 1. The van der Waals surface area contributed by atoms with E-state index in [9.17, 15) is 13.2 Å². The van der Waals surface area contributed by atoms with Gasteiger partial charge in [0.25, 0.3) is 15.9 Å². The quantitative estimate of drug-likeness (QED) is 0.768. The highest BCUT2D eigenvalue weighted by Crippen LogP contribution is 2.38. The number of thiophene rings is 1. The van der Waals surface area contributed by atoms with Gasteiger partial charge >= 0.3 is 0 Å². The topological polar surface area (TPSA) is 75.7 Å². The van der Waals surface area contributed by atoms with E-state index in [2.05, 4.69) is 21.2 Å². The molecule has 0 unspecified atom stereocenters. The maximum absolute atomic E-state index is 13.1. The van der Waals surface area contributed by atoms with Crippen LogP contribution in [0.3, 0.4) is 0 Å². The SMILES string of the molecule is CCCNC(=O)[C@H]1CN(S(=O)(=O)c2ccc(Br)s2)c2ccccc2O1. The summed E-state index contributed by atoms with van der Waals surface area (Å²) in [6.45, 7) is 2.40. The summed E-state index contributed by atoms with van der Waals surface area (Å²) in [5.74, 6) is 0.0634. The maximum Gasteiger partial charge on any atom is 0.274 e. The molecule has 134 valence electrons. The molecular weight excluding hydrogens is 428 g/mol. The van der Waals surface area contributed by atoms with Gasteiger partial charge in [-0.2, -0.15) is 0 Å². The lowest BCUT2D eigenvalue weighted by Crippen LogP contribution is -2.50. The highest BCUT2D eigenvalue weighted by Gasteiger charge is 2.37. The van der Waals surface area contributed by atoms with E-state index in [1.165, 1.54) is 4.31 Å². The van der Waals surface area contributed by atoms with Gasteiger partial charge in [-0.05, 0) is 46.6 Å². The van der Waals surface area contributed by atoms with Crippen LogP contribution in [0, 0.1) is 0 Å². The minimum absolute atomic E-state index is 0.0651. The van der Waals surface area contributed by atoms with Crippen LogP contribution in [0.25, 0.3) is 0 Å². The van der Waals surface area contributed by atoms with Crippen molar-refractivity contribution in [2.75, 3.05) is 17.4 Å². The van der Waals surface area contributed by atoms with E-state index >= 15 is 0 Å². The summed E-state index contributed by atoms with van der Waals surface area (Å²) in [4.78, 5) is 12.3. The molecule has 2 heterocycles. The van der Waals surface area contributed by atoms with Crippen molar-refractivity contribution < 1.29 is 17.9 Å². The van der Waals surface area contributed by atoms with E-state index in [1.54, 1.807) is 36.4 Å². The van der Waals surface area contributed by atoms with Crippen LogP contribution < -0.4 is 14.4 Å². The van der Waals surface area contributed by atoms with E-state index in [4.69, 9.17) is 4.74 Å². The number of sulfonamides is 1. The summed E-state index contributed by atoms with van der Waals surface area (Å²) < 4.78 is 34.1. The monoisotopic (exact) mass is 444 g/mol. The van der Waals surface area contributed by atoms with Crippen LogP contribution in [0.5, 0.6) is 5.75 Å². The van der Waals surface area contributed by atoms with Crippen LogP contribution in [-0.2, 0) is 14.8 Å². The number of halogens is 1. The van der Waals surface area contributed by atoms with Gasteiger partial charge < -0.3 is 10.1 Å². The van der Waals surface area contributed by atoms with Crippen LogP contribution >= 0.6 is 27.3 Å². The molecule has 1 aliphatic heterocycles. The summed E-state index contributed by atoms with van der Waals surface area (Å²) in [7, 11) is -3.78. The number of anilines is 1. The first kappa shape index (κ1) is 18.2. The predicted molar refractivity (Wildman–Crippen MR) is 101 cm³/mol. The minimum atomic E-state index is -3.78. The van der Waals surface area contributed by atoms with Crippen molar-refractivity contribution in [1.82, 2.24) is 5.32 Å². The Morgan fingerprint density at radius 3 is 2.80 bits per heavy atom. The van der Waals surface area contributed by atoms with E-state index in [-0.39, 0.29) is 16.7 Å². The molecule has 3 rings (SSSR count). The van der Waals surface area contributed by atoms with Crippen LogP contribution in [0.2, 0.25) is 0 Å². The first-order valence-electron chi connectivity index (χ1n) is 7.75. The molecule has 1 aromatic carbocycles. The molecular formula is C16H17BrN2O4S2. The van der Waals surface area contributed by atoms with E-state index in [0.717, 1.165) is 21.5 Å². The van der Waals surface area contributed by atoms with Crippen LogP contribution in [0.15, 0.2) is 44.4 Å². The van der Waals surface area contributed by atoms with E-state index in [0.29, 0.717) is 18.0 Å². The normalized spacial score (nSPS) is 16.9. The predicted octanol–water partition coefficient (Wildman–Crippen LogP) is 2.99. The Labute approximate surface area is 159 Å². The van der Waals surface area contributed by atoms with Crippen LogP contribution in [0.4, 0.5) is 5.69 Å². The zero-order valence-electron chi connectivity index (χ0n) is 13.4. The van der Waals surface area contributed by atoms with Gasteiger partial charge in [0.05, 0.1) is 16.0 Å². The zero-order valence-corrected chi connectivity index (χ0v) is 16.7. The van der Waals surface area contributed by atoms with Crippen molar-refractivity contribution in [3.8, 4) is 5.75 Å². The molecule has 0 spiro atoms. The number of rotatable bonds is 5. The molecule has 25 heavy (non-hydrogen) atoms. The van der Waals surface area contributed by atoms with Crippen molar-refractivity contribution in [3.63, 3.8) is 0 Å². The van der Waals surface area contributed by atoms with E-state index < -0.39 is 16.1 Å². The fourth-order valence-corrected chi connectivity index (χ4v) is 6.07. The minimum Gasteiger partial charge on any atom is -0.476 e. The number of para-hydroxylation sites is 2. The summed E-state index contributed by atoms with van der Waals surface area (Å²) in [5, 5.41) is 2.76. The molecule has 0 radical (unpaired) electrons. The average molecular weight is 445 g/mol. The summed E-state index contributed by atoms with van der Waals surface area (Å²) in [6, 6.07) is 10.1. The number of benzene rings is 1. The van der Waals surface area contributed by atoms with Crippen LogP contribution in [-0.4, -0.2) is 33.5 Å². The van der Waals surface area contributed by atoms with Crippen molar-refractivity contribution in [3.05, 3.63) is 40.2 Å². The molecule has 0 aliphatic carbocycles. The Bertz CT molecular complexity index is 882. The molecule has 0 fully saturated rings. The molecule has 6 nitrogen and oxygen atoms in total. The Hall–Kier alpha value is -1.58. The average Bonchev–Trinajstić information content (AvgIpc) is 3.05. The lowest BCUT2D eigenvalue weighted by atomic mass is 10.2. The standard InChI is InChI=1S/C16H17BrN2O4S2/c1-2-9-18-16(20)13-10-19(11-5-3-4-6-12(11)23-13)25(21,22)15-8-7-14(17)24-15/h3-8,13H,2,9-10H2,1H3,(H,18,20)/t13-/m1/s1. The van der Waals surface area contributed by atoms with Gasteiger partial charge in [-0.3, -0.25) is 9.10 Å². The Morgan fingerprint density at radius 2 is 2.12 bits per heavy atom. The third-order valence-electron chi connectivity index (χ3n) is 3.67. The second-order valence-corrected chi connectivity index (χ2v) is 10.0. The molecule has 1 atom stereocenters. The van der Waals surface area contributed by atoms with Crippen molar-refractivity contribution in [2.24, 2.45) is 0 Å². The van der Waals surface area contributed by atoms with Crippen molar-refractivity contribution >= 4 is 48.9 Å². The molecule has 2 aromatic rings. The fourth-order valence-electron chi connectivity index (χ4n) is 2.47. The number of hydrogen-bond donors (Lipinski definition) is 1. The number of amides is 1. The van der Waals surface area contributed by atoms with Crippen molar-refractivity contribution in [1.29, 1.82) is 0 Å². The van der Waals surface area contributed by atoms with Crippen molar-refractivity contribution in [2.45, 2.75) is 23.7 Å². The molecule has 9 heteroatoms. The van der Waals surface area contributed by atoms with E-state index in [1.807, 2.05) is 6.92 Å². The molecule has 1 amide bonds. The largest absolute Gasteiger partial charge is 0.476 e. The van der Waals surface area contributed by atoms with Gasteiger partial charge in [0.1, 0.15) is 9.96 Å². The third kappa shape index (κ3) is 3.68. The molecule has 0 bridgehead atoms. The van der Waals surface area contributed by atoms with Gasteiger partial charge in [-0.25, -0.2) is 8.42 Å². The Morgan fingerprint density at radius 1 is 1.36 bits per heavy atom. The number of ether oxygens (including phenoxy) is 1. The molecule has 1 aromatic heterocycles. The zero-order chi connectivity index (χ0) is 18.0. The molecule has 1 N–H and O–H groups in total. The molecule has 0 saturated heterocycles. The van der Waals surface area contributed by atoms with Gasteiger partial charge in [0.15, 0.2) is 6.10 Å². The lowest BCUT2D eigenvalue weighted by molar-refractivity contribution is -0.127. The van der Waals surface area contributed by atoms with Gasteiger partial charge in [0, 0.05) is 6.54 Å². The Kier molecular flexibility index (Phi) is 5.35. The van der Waals surface area contributed by atoms with Gasteiger partial charge in [0.2, 0.25) is 0 Å².